The van der Waals surface area contributed by atoms with E-state index in [0.29, 0.717) is 0 Å². The third-order valence-corrected chi connectivity index (χ3v) is 5.05. The van der Waals surface area contributed by atoms with Gasteiger partial charge in [0, 0.05) is 17.3 Å². The smallest absolute Gasteiger partial charge is 0.00916 e. The normalized spacial score (nSPS) is 19.3. The minimum absolute atomic E-state index is 0.750. The molecule has 0 aromatic carbocycles. The molecule has 1 aliphatic rings. The molecule has 18 heavy (non-hydrogen) atoms. The van der Waals surface area contributed by atoms with Crippen LogP contribution in [0.15, 0.2) is 17.5 Å². The van der Waals surface area contributed by atoms with Gasteiger partial charge in [0.15, 0.2) is 0 Å². The van der Waals surface area contributed by atoms with Gasteiger partial charge in [-0.25, -0.2) is 0 Å². The summed E-state index contributed by atoms with van der Waals surface area (Å²) in [6, 6.07) is 4.54. The van der Waals surface area contributed by atoms with Gasteiger partial charge in [0.05, 0.1) is 0 Å². The molecule has 1 nitrogen and oxygen atoms in total. The highest BCUT2D eigenvalue weighted by atomic mass is 32.1. The number of hydrogen-bond donors (Lipinski definition) is 1. The summed E-state index contributed by atoms with van der Waals surface area (Å²) >= 11 is 1.94. The zero-order valence-electron chi connectivity index (χ0n) is 11.8. The van der Waals surface area contributed by atoms with E-state index in [2.05, 4.69) is 36.7 Å². The lowest BCUT2D eigenvalue weighted by molar-refractivity contribution is 0.297. The summed E-state index contributed by atoms with van der Waals surface area (Å²) in [5.41, 5.74) is 0. The molecule has 102 valence electrons. The van der Waals surface area contributed by atoms with Gasteiger partial charge < -0.3 is 5.32 Å². The fraction of sp³-hybridized carbons (Fsp3) is 0.750. The van der Waals surface area contributed by atoms with E-state index in [9.17, 15) is 0 Å². The van der Waals surface area contributed by atoms with Crippen LogP contribution in [0, 0.1) is 11.8 Å². The summed E-state index contributed by atoms with van der Waals surface area (Å²) in [7, 11) is 0. The van der Waals surface area contributed by atoms with E-state index in [1.165, 1.54) is 38.6 Å². The number of nitrogens with one attached hydrogen (secondary N) is 1. The van der Waals surface area contributed by atoms with Gasteiger partial charge in [-0.05, 0) is 42.7 Å². The van der Waals surface area contributed by atoms with Crippen LogP contribution in [-0.4, -0.2) is 13.1 Å². The summed E-state index contributed by atoms with van der Waals surface area (Å²) in [6.45, 7) is 6.89. The Bertz CT molecular complexity index is 312. The Morgan fingerprint density at radius 2 is 2.00 bits per heavy atom. The van der Waals surface area contributed by atoms with Crippen LogP contribution in [0.3, 0.4) is 0 Å². The van der Waals surface area contributed by atoms with Crippen LogP contribution < -0.4 is 5.32 Å². The maximum atomic E-state index is 3.68. The monoisotopic (exact) mass is 265 g/mol. The standard InChI is InChI=1S/C16H27NS/c1-13(2)11-17-12-15(16-9-6-10-18-16)14-7-4-3-5-8-14/h6,9-10,13-15,17H,3-5,7-8,11-12H2,1-2H3. The van der Waals surface area contributed by atoms with Crippen molar-refractivity contribution >= 4 is 11.3 Å². The lowest BCUT2D eigenvalue weighted by atomic mass is 9.79. The lowest BCUT2D eigenvalue weighted by Crippen LogP contribution is -2.29. The van der Waals surface area contributed by atoms with E-state index in [4.69, 9.17) is 0 Å². The third kappa shape index (κ3) is 4.10. The Kier molecular flexibility index (Phi) is 5.71. The van der Waals surface area contributed by atoms with Gasteiger partial charge in [-0.2, -0.15) is 0 Å². The maximum Gasteiger partial charge on any atom is 0.00916 e. The zero-order valence-corrected chi connectivity index (χ0v) is 12.6. The Morgan fingerprint density at radius 1 is 1.22 bits per heavy atom. The number of rotatable bonds is 6. The summed E-state index contributed by atoms with van der Waals surface area (Å²) in [6.07, 6.45) is 7.21. The van der Waals surface area contributed by atoms with Crippen LogP contribution >= 0.6 is 11.3 Å². The second-order valence-electron chi connectivity index (χ2n) is 6.07. The molecule has 0 spiro atoms. The third-order valence-electron chi connectivity index (χ3n) is 4.04. The van der Waals surface area contributed by atoms with Gasteiger partial charge in [-0.15, -0.1) is 11.3 Å². The fourth-order valence-electron chi connectivity index (χ4n) is 3.07. The van der Waals surface area contributed by atoms with Crippen molar-refractivity contribution < 1.29 is 0 Å². The molecule has 1 fully saturated rings. The first kappa shape index (κ1) is 14.1. The van der Waals surface area contributed by atoms with Crippen molar-refractivity contribution in [2.75, 3.05) is 13.1 Å². The van der Waals surface area contributed by atoms with Crippen molar-refractivity contribution in [1.29, 1.82) is 0 Å². The van der Waals surface area contributed by atoms with Crippen molar-refractivity contribution in [2.24, 2.45) is 11.8 Å². The van der Waals surface area contributed by atoms with Crippen LogP contribution in [0.2, 0.25) is 0 Å². The molecule has 0 saturated heterocycles. The highest BCUT2D eigenvalue weighted by Gasteiger charge is 2.25. The number of hydrogen-bond acceptors (Lipinski definition) is 2. The largest absolute Gasteiger partial charge is 0.316 e. The van der Waals surface area contributed by atoms with Gasteiger partial charge in [0.2, 0.25) is 0 Å². The molecular formula is C16H27NS. The van der Waals surface area contributed by atoms with E-state index in [0.717, 1.165) is 24.3 Å². The average Bonchev–Trinajstić information content (AvgIpc) is 2.89. The molecule has 1 atom stereocenters. The fourth-order valence-corrected chi connectivity index (χ4v) is 3.99. The van der Waals surface area contributed by atoms with Crippen molar-refractivity contribution in [3.05, 3.63) is 22.4 Å². The first-order valence-corrected chi connectivity index (χ1v) is 8.39. The molecule has 0 radical (unpaired) electrons. The van der Waals surface area contributed by atoms with Crippen molar-refractivity contribution in [3.63, 3.8) is 0 Å². The molecule has 1 unspecified atom stereocenters. The van der Waals surface area contributed by atoms with E-state index >= 15 is 0 Å². The Morgan fingerprint density at radius 3 is 2.61 bits per heavy atom. The van der Waals surface area contributed by atoms with E-state index in [-0.39, 0.29) is 0 Å². The maximum absolute atomic E-state index is 3.68. The number of thiophene rings is 1. The molecule has 0 amide bonds. The minimum Gasteiger partial charge on any atom is -0.316 e. The molecule has 1 aromatic rings. The molecule has 0 aliphatic heterocycles. The summed E-state index contributed by atoms with van der Waals surface area (Å²) < 4.78 is 0. The van der Waals surface area contributed by atoms with Crippen LogP contribution in [0.1, 0.15) is 56.7 Å². The van der Waals surface area contributed by atoms with Gasteiger partial charge in [-0.3, -0.25) is 0 Å². The first-order valence-electron chi connectivity index (χ1n) is 7.51. The SMILES string of the molecule is CC(C)CNCC(c1cccs1)C1CCCCC1. The molecule has 0 bridgehead atoms. The molecule has 1 aliphatic carbocycles. The predicted octanol–water partition coefficient (Wildman–Crippen LogP) is 4.66. The molecule has 1 N–H and O–H groups in total. The van der Waals surface area contributed by atoms with Crippen molar-refractivity contribution in [3.8, 4) is 0 Å². The Hall–Kier alpha value is -0.340. The topological polar surface area (TPSA) is 12.0 Å². The molecule has 2 rings (SSSR count). The zero-order chi connectivity index (χ0) is 12.8. The molecule has 1 heterocycles. The van der Waals surface area contributed by atoms with Crippen LogP contribution in [0.4, 0.5) is 0 Å². The first-order chi connectivity index (χ1) is 8.77. The van der Waals surface area contributed by atoms with Gasteiger partial charge >= 0.3 is 0 Å². The van der Waals surface area contributed by atoms with E-state index < -0.39 is 0 Å². The van der Waals surface area contributed by atoms with Crippen LogP contribution in [0.25, 0.3) is 0 Å². The highest BCUT2D eigenvalue weighted by Crippen LogP contribution is 2.37. The van der Waals surface area contributed by atoms with E-state index in [1.807, 2.05) is 11.3 Å². The van der Waals surface area contributed by atoms with Gasteiger partial charge in [0.25, 0.3) is 0 Å². The Labute approximate surface area is 116 Å². The lowest BCUT2D eigenvalue weighted by Gasteiger charge is -2.30. The second-order valence-corrected chi connectivity index (χ2v) is 7.05. The molecule has 2 heteroatoms. The predicted molar refractivity (Wildman–Crippen MR) is 81.3 cm³/mol. The summed E-state index contributed by atoms with van der Waals surface area (Å²) in [5.74, 6) is 2.42. The molecule has 1 saturated carbocycles. The average molecular weight is 265 g/mol. The minimum atomic E-state index is 0.750. The van der Waals surface area contributed by atoms with Crippen molar-refractivity contribution in [1.82, 2.24) is 5.32 Å². The quantitative estimate of drug-likeness (QED) is 0.789. The van der Waals surface area contributed by atoms with E-state index in [1.54, 1.807) is 4.88 Å². The van der Waals surface area contributed by atoms with Crippen LogP contribution in [-0.2, 0) is 0 Å². The summed E-state index contributed by atoms with van der Waals surface area (Å²) in [5, 5.41) is 5.91. The van der Waals surface area contributed by atoms with Crippen LogP contribution in [0.5, 0.6) is 0 Å². The summed E-state index contributed by atoms with van der Waals surface area (Å²) in [4.78, 5) is 1.60. The van der Waals surface area contributed by atoms with Gasteiger partial charge in [-0.1, -0.05) is 39.2 Å². The van der Waals surface area contributed by atoms with Crippen molar-refractivity contribution in [2.45, 2.75) is 51.9 Å². The molecule has 1 aromatic heterocycles. The molecular weight excluding hydrogens is 238 g/mol. The van der Waals surface area contributed by atoms with Gasteiger partial charge in [0.1, 0.15) is 0 Å². The second kappa shape index (κ2) is 7.30. The Balaban J connectivity index is 1.94. The highest BCUT2D eigenvalue weighted by molar-refractivity contribution is 7.10.